The number of hydrogen-bond donors (Lipinski definition) is 0. The van der Waals surface area contributed by atoms with Crippen molar-refractivity contribution in [2.45, 2.75) is 63.9 Å². The number of carbonyl (C=O) groups excluding carboxylic acids is 2. The number of ether oxygens (including phenoxy) is 3. The Labute approximate surface area is 130 Å². The third-order valence-electron chi connectivity index (χ3n) is 4.87. The average molecular weight is 306 g/mol. The van der Waals surface area contributed by atoms with E-state index >= 15 is 0 Å². The zero-order valence-electron chi connectivity index (χ0n) is 13.3. The van der Waals surface area contributed by atoms with Crippen molar-refractivity contribution in [3.05, 3.63) is 23.8 Å². The Kier molecular flexibility index (Phi) is 3.63. The van der Waals surface area contributed by atoms with Crippen LogP contribution in [0.5, 0.6) is 0 Å². The van der Waals surface area contributed by atoms with Gasteiger partial charge in [0.05, 0.1) is 17.6 Å². The number of epoxide rings is 1. The molecule has 0 unspecified atom stereocenters. The summed E-state index contributed by atoms with van der Waals surface area (Å²) >= 11 is 0. The smallest absolute Gasteiger partial charge is 0.334 e. The summed E-state index contributed by atoms with van der Waals surface area (Å²) < 4.78 is 16.8. The Morgan fingerprint density at radius 1 is 1.50 bits per heavy atom. The molecule has 1 aliphatic carbocycles. The molecule has 0 radical (unpaired) electrons. The molecule has 2 fully saturated rings. The first-order valence-electron chi connectivity index (χ1n) is 7.72. The molecule has 0 saturated carbocycles. The van der Waals surface area contributed by atoms with E-state index in [1.54, 1.807) is 0 Å². The second kappa shape index (κ2) is 5.23. The molecule has 2 heterocycles. The lowest BCUT2D eigenvalue weighted by molar-refractivity contribution is -0.147. The molecule has 0 aromatic heterocycles. The Morgan fingerprint density at radius 3 is 2.91 bits per heavy atom. The van der Waals surface area contributed by atoms with Gasteiger partial charge in [-0.25, -0.2) is 4.79 Å². The summed E-state index contributed by atoms with van der Waals surface area (Å²) in [5.74, 6) is -1.12. The highest BCUT2D eigenvalue weighted by Gasteiger charge is 2.57. The molecule has 5 nitrogen and oxygen atoms in total. The van der Waals surface area contributed by atoms with E-state index in [-0.39, 0.29) is 29.7 Å². The Balaban J connectivity index is 1.95. The fraction of sp³-hybridized carbons (Fsp3) is 0.647. The number of allylic oxidation sites excluding steroid dienone is 1. The van der Waals surface area contributed by atoms with Gasteiger partial charge >= 0.3 is 11.9 Å². The molecule has 0 bridgehead atoms. The first kappa shape index (κ1) is 15.3. The fourth-order valence-electron chi connectivity index (χ4n) is 3.58. The molecule has 3 rings (SSSR count). The summed E-state index contributed by atoms with van der Waals surface area (Å²) in [5, 5.41) is 0. The van der Waals surface area contributed by atoms with Crippen LogP contribution >= 0.6 is 0 Å². The summed E-state index contributed by atoms with van der Waals surface area (Å²) in [6.45, 7) is 9.28. The first-order chi connectivity index (χ1) is 10.3. The normalized spacial score (nSPS) is 43.3. The maximum Gasteiger partial charge on any atom is 0.334 e. The molecule has 2 aliphatic heterocycles. The number of carbonyl (C=O) groups is 2. The fourth-order valence-corrected chi connectivity index (χ4v) is 3.58. The third kappa shape index (κ3) is 2.70. The molecule has 0 amide bonds. The van der Waals surface area contributed by atoms with Crippen LogP contribution in [0.2, 0.25) is 0 Å². The largest absolute Gasteiger partial charge is 0.458 e. The van der Waals surface area contributed by atoms with E-state index < -0.39 is 12.1 Å². The summed E-state index contributed by atoms with van der Waals surface area (Å²) in [6, 6.07) is 0. The highest BCUT2D eigenvalue weighted by atomic mass is 16.6. The van der Waals surface area contributed by atoms with Gasteiger partial charge in [-0.15, -0.1) is 0 Å². The van der Waals surface area contributed by atoms with Crippen molar-refractivity contribution in [3.63, 3.8) is 0 Å². The van der Waals surface area contributed by atoms with Crippen molar-refractivity contribution in [1.29, 1.82) is 0 Å². The van der Waals surface area contributed by atoms with E-state index in [2.05, 4.69) is 6.58 Å². The van der Waals surface area contributed by atoms with Crippen molar-refractivity contribution >= 4 is 11.9 Å². The van der Waals surface area contributed by atoms with E-state index in [0.29, 0.717) is 12.0 Å². The zero-order valence-corrected chi connectivity index (χ0v) is 13.3. The van der Waals surface area contributed by atoms with Crippen LogP contribution in [0.1, 0.15) is 40.0 Å². The Bertz CT molecular complexity index is 563. The van der Waals surface area contributed by atoms with Crippen LogP contribution in [-0.2, 0) is 23.8 Å². The number of hydrogen-bond acceptors (Lipinski definition) is 5. The van der Waals surface area contributed by atoms with Gasteiger partial charge in [-0.2, -0.15) is 0 Å². The third-order valence-corrected chi connectivity index (χ3v) is 4.87. The van der Waals surface area contributed by atoms with Gasteiger partial charge in [-0.3, -0.25) is 4.79 Å². The number of esters is 2. The lowest BCUT2D eigenvalue weighted by Gasteiger charge is -2.27. The van der Waals surface area contributed by atoms with Gasteiger partial charge in [-0.05, 0) is 32.8 Å². The van der Waals surface area contributed by atoms with Gasteiger partial charge < -0.3 is 14.2 Å². The van der Waals surface area contributed by atoms with E-state index in [1.807, 2.05) is 19.9 Å². The minimum absolute atomic E-state index is 0.203. The van der Waals surface area contributed by atoms with Crippen molar-refractivity contribution in [2.75, 3.05) is 0 Å². The molecule has 22 heavy (non-hydrogen) atoms. The molecule has 5 heteroatoms. The molecule has 0 aromatic rings. The Hall–Kier alpha value is -1.62. The van der Waals surface area contributed by atoms with Gasteiger partial charge in [0.15, 0.2) is 0 Å². The Morgan fingerprint density at radius 2 is 2.23 bits per heavy atom. The van der Waals surface area contributed by atoms with Crippen LogP contribution in [0.15, 0.2) is 23.8 Å². The molecular weight excluding hydrogens is 284 g/mol. The van der Waals surface area contributed by atoms with Gasteiger partial charge in [0.1, 0.15) is 12.2 Å². The van der Waals surface area contributed by atoms with Crippen LogP contribution < -0.4 is 0 Å². The minimum atomic E-state index is -0.514. The van der Waals surface area contributed by atoms with Crippen LogP contribution in [-0.4, -0.2) is 35.9 Å². The van der Waals surface area contributed by atoms with E-state index in [4.69, 9.17) is 14.2 Å². The molecule has 0 aromatic carbocycles. The van der Waals surface area contributed by atoms with Gasteiger partial charge in [0.25, 0.3) is 0 Å². The van der Waals surface area contributed by atoms with E-state index in [0.717, 1.165) is 18.4 Å². The molecule has 3 aliphatic rings. The molecule has 2 saturated heterocycles. The zero-order chi connectivity index (χ0) is 16.1. The van der Waals surface area contributed by atoms with Crippen LogP contribution in [0.4, 0.5) is 0 Å². The van der Waals surface area contributed by atoms with Crippen LogP contribution in [0, 0.1) is 5.92 Å². The van der Waals surface area contributed by atoms with Crippen molar-refractivity contribution in [3.8, 4) is 0 Å². The first-order valence-corrected chi connectivity index (χ1v) is 7.72. The molecule has 5 atom stereocenters. The topological polar surface area (TPSA) is 65.1 Å². The summed E-state index contributed by atoms with van der Waals surface area (Å²) in [7, 11) is 0. The van der Waals surface area contributed by atoms with Crippen LogP contribution in [0.3, 0.4) is 0 Å². The molecule has 0 N–H and O–H groups in total. The summed E-state index contributed by atoms with van der Waals surface area (Å²) in [6.07, 6.45) is 3.68. The van der Waals surface area contributed by atoms with Gasteiger partial charge in [0, 0.05) is 18.9 Å². The maximum atomic E-state index is 12.0. The van der Waals surface area contributed by atoms with Crippen molar-refractivity contribution in [2.24, 2.45) is 5.92 Å². The average Bonchev–Trinajstić information content (AvgIpc) is 2.96. The number of rotatable bonds is 1. The predicted molar refractivity (Wildman–Crippen MR) is 79.0 cm³/mol. The van der Waals surface area contributed by atoms with E-state index in [1.165, 1.54) is 6.92 Å². The lowest BCUT2D eigenvalue weighted by Crippen LogP contribution is -2.35. The second-order valence-electron chi connectivity index (χ2n) is 6.74. The summed E-state index contributed by atoms with van der Waals surface area (Å²) in [4.78, 5) is 23.4. The standard InChI is InChI=1S/C17H22O5/c1-9-5-6-14-17(4,22-14)8-13-15(10(2)16(19)21-13)12(7-9)20-11(3)18/h7,12-15H,2,5-6,8H2,1,3-4H3/b9-7+/t12-,13-,14+,15+,17-/m1/s1. The second-order valence-corrected chi connectivity index (χ2v) is 6.74. The predicted octanol–water partition coefficient (Wildman–Crippen LogP) is 2.30. The molecule has 0 spiro atoms. The quantitative estimate of drug-likeness (QED) is 0.322. The van der Waals surface area contributed by atoms with Gasteiger partial charge in [-0.1, -0.05) is 12.2 Å². The van der Waals surface area contributed by atoms with Gasteiger partial charge in [0.2, 0.25) is 0 Å². The minimum Gasteiger partial charge on any atom is -0.458 e. The number of fused-ring (bicyclic) bond motifs is 2. The van der Waals surface area contributed by atoms with E-state index in [9.17, 15) is 9.59 Å². The summed E-state index contributed by atoms with van der Waals surface area (Å²) in [5.41, 5.74) is 1.24. The molecular formula is C17H22O5. The maximum absolute atomic E-state index is 12.0. The van der Waals surface area contributed by atoms with Crippen LogP contribution in [0.25, 0.3) is 0 Å². The highest BCUT2D eigenvalue weighted by molar-refractivity contribution is 5.91. The highest BCUT2D eigenvalue weighted by Crippen LogP contribution is 2.48. The SMILES string of the molecule is C=C1C(=O)O[C@@H]2C[C@@]3(C)O[C@H]3CC/C(C)=C/[C@@H](OC(C)=O)[C@H]12. The van der Waals surface area contributed by atoms with Crippen molar-refractivity contribution in [1.82, 2.24) is 0 Å². The lowest BCUT2D eigenvalue weighted by atomic mass is 9.83. The van der Waals surface area contributed by atoms with Crippen molar-refractivity contribution < 1.29 is 23.8 Å². The molecule has 120 valence electrons. The monoisotopic (exact) mass is 306 g/mol.